The summed E-state index contributed by atoms with van der Waals surface area (Å²) in [6.07, 6.45) is -0.493. The Labute approximate surface area is 215 Å². The van der Waals surface area contributed by atoms with Gasteiger partial charge in [0.15, 0.2) is 0 Å². The van der Waals surface area contributed by atoms with Crippen LogP contribution in [0, 0.1) is 5.82 Å². The van der Waals surface area contributed by atoms with Crippen LogP contribution < -0.4 is 10.6 Å². The summed E-state index contributed by atoms with van der Waals surface area (Å²) in [6.45, 7) is 0.500. The minimum Gasteiger partial charge on any atom is -0.453 e. The summed E-state index contributed by atoms with van der Waals surface area (Å²) >= 11 is 5.95. The number of benzene rings is 2. The van der Waals surface area contributed by atoms with E-state index in [-0.39, 0.29) is 48.6 Å². The molecule has 0 aliphatic carbocycles. The lowest BCUT2D eigenvalue weighted by Crippen LogP contribution is -2.48. The number of nitrogens with zero attached hydrogens (tertiary/aromatic N) is 4. The van der Waals surface area contributed by atoms with E-state index in [1.165, 1.54) is 18.1 Å². The van der Waals surface area contributed by atoms with E-state index < -0.39 is 38.2 Å². The highest BCUT2D eigenvalue weighted by Gasteiger charge is 2.37. The molecule has 2 N–H and O–H groups in total. The normalized spacial score (nSPS) is 17.1. The van der Waals surface area contributed by atoms with E-state index in [1.54, 1.807) is 24.3 Å². The van der Waals surface area contributed by atoms with Crippen LogP contribution in [0.4, 0.5) is 14.9 Å². The number of carbonyl (C=O) groups excluding carboxylic acids is 2. The van der Waals surface area contributed by atoms with Crippen LogP contribution in [0.15, 0.2) is 56.8 Å². The van der Waals surface area contributed by atoms with Crippen molar-refractivity contribution in [3.05, 3.63) is 69.8 Å². The average Bonchev–Trinajstić information content (AvgIpc) is 3.29. The van der Waals surface area contributed by atoms with Crippen LogP contribution >= 0.6 is 11.6 Å². The van der Waals surface area contributed by atoms with E-state index in [0.717, 1.165) is 11.0 Å². The molecular weight excluding hydrogens is 529 g/mol. The van der Waals surface area contributed by atoms with Gasteiger partial charge in [0.2, 0.25) is 15.7 Å². The number of sulfone groups is 1. The SMILES string of the molecule is COC(=O)N1CC(c2nnc(-c3cc4c(cc3F)S(=O)(=O)C=C(N)C(=O)N4Cc3ccc(Cl)cc3)o2)C1. The monoisotopic (exact) mass is 547 g/mol. The van der Waals surface area contributed by atoms with E-state index in [0.29, 0.717) is 16.0 Å². The zero-order chi connectivity index (χ0) is 26.5. The molecule has 192 valence electrons. The molecule has 14 heteroatoms. The molecule has 0 atom stereocenters. The Morgan fingerprint density at radius 1 is 1.24 bits per heavy atom. The quantitative estimate of drug-likeness (QED) is 0.520. The fourth-order valence-electron chi connectivity index (χ4n) is 4.04. The summed E-state index contributed by atoms with van der Waals surface area (Å²) in [5.74, 6) is -2.03. The summed E-state index contributed by atoms with van der Waals surface area (Å²) in [5, 5.41) is 8.95. The highest BCUT2D eigenvalue weighted by Crippen LogP contribution is 2.38. The summed E-state index contributed by atoms with van der Waals surface area (Å²) < 4.78 is 51.4. The van der Waals surface area contributed by atoms with Gasteiger partial charge in [-0.25, -0.2) is 17.6 Å². The maximum atomic E-state index is 15.2. The third kappa shape index (κ3) is 4.51. The molecule has 37 heavy (non-hydrogen) atoms. The highest BCUT2D eigenvalue weighted by molar-refractivity contribution is 7.94. The zero-order valence-electron chi connectivity index (χ0n) is 19.2. The Morgan fingerprint density at radius 2 is 1.95 bits per heavy atom. The number of aromatic nitrogens is 2. The first-order valence-corrected chi connectivity index (χ1v) is 12.8. The predicted octanol–water partition coefficient (Wildman–Crippen LogP) is 2.82. The molecule has 3 heterocycles. The maximum absolute atomic E-state index is 15.2. The Balaban J connectivity index is 1.54. The summed E-state index contributed by atoms with van der Waals surface area (Å²) in [4.78, 5) is 26.8. The summed E-state index contributed by atoms with van der Waals surface area (Å²) in [6, 6.07) is 8.53. The van der Waals surface area contributed by atoms with Crippen molar-refractivity contribution in [2.75, 3.05) is 25.1 Å². The predicted molar refractivity (Wildman–Crippen MR) is 129 cm³/mol. The van der Waals surface area contributed by atoms with Crippen LogP contribution in [0.1, 0.15) is 17.4 Å². The Kier molecular flexibility index (Phi) is 6.12. The second-order valence-electron chi connectivity index (χ2n) is 8.45. The maximum Gasteiger partial charge on any atom is 0.409 e. The third-order valence-corrected chi connectivity index (χ3v) is 7.77. The number of anilines is 1. The number of amides is 2. The fraction of sp³-hybridized carbons (Fsp3) is 0.217. The number of halogens is 2. The third-order valence-electron chi connectivity index (χ3n) is 6.01. The molecule has 2 aliphatic rings. The van der Waals surface area contributed by atoms with Gasteiger partial charge in [-0.2, -0.15) is 0 Å². The first-order chi connectivity index (χ1) is 17.6. The van der Waals surface area contributed by atoms with Crippen molar-refractivity contribution in [2.24, 2.45) is 5.73 Å². The van der Waals surface area contributed by atoms with Crippen LogP contribution in [-0.2, 0) is 25.9 Å². The molecule has 2 aromatic carbocycles. The van der Waals surface area contributed by atoms with Gasteiger partial charge in [-0.05, 0) is 29.8 Å². The van der Waals surface area contributed by atoms with Crippen LogP contribution in [0.5, 0.6) is 0 Å². The lowest BCUT2D eigenvalue weighted by atomic mass is 10.0. The molecule has 1 saturated heterocycles. The van der Waals surface area contributed by atoms with Crippen molar-refractivity contribution in [2.45, 2.75) is 17.4 Å². The lowest BCUT2D eigenvalue weighted by Gasteiger charge is -2.35. The summed E-state index contributed by atoms with van der Waals surface area (Å²) in [5.41, 5.74) is 5.59. The van der Waals surface area contributed by atoms with Gasteiger partial charge in [0.05, 0.1) is 41.1 Å². The van der Waals surface area contributed by atoms with Gasteiger partial charge in [0.25, 0.3) is 11.8 Å². The first kappa shape index (κ1) is 24.7. The number of methoxy groups -OCH3 is 1. The number of ether oxygens (including phenoxy) is 1. The molecule has 0 radical (unpaired) electrons. The van der Waals surface area contributed by atoms with Gasteiger partial charge < -0.3 is 24.7 Å². The van der Waals surface area contributed by atoms with Crippen molar-refractivity contribution in [1.29, 1.82) is 0 Å². The number of rotatable bonds is 4. The van der Waals surface area contributed by atoms with Gasteiger partial charge in [0, 0.05) is 18.1 Å². The smallest absolute Gasteiger partial charge is 0.409 e. The molecule has 3 aromatic rings. The van der Waals surface area contributed by atoms with E-state index in [1.807, 2.05) is 0 Å². The second-order valence-corrected chi connectivity index (χ2v) is 10.7. The topological polar surface area (TPSA) is 149 Å². The molecule has 1 aromatic heterocycles. The van der Waals surface area contributed by atoms with Crippen molar-refractivity contribution >= 4 is 39.1 Å². The van der Waals surface area contributed by atoms with Gasteiger partial charge in [-0.1, -0.05) is 23.7 Å². The van der Waals surface area contributed by atoms with Crippen molar-refractivity contribution in [1.82, 2.24) is 15.1 Å². The van der Waals surface area contributed by atoms with Crippen molar-refractivity contribution < 1.29 is 31.6 Å². The Morgan fingerprint density at radius 3 is 2.62 bits per heavy atom. The molecule has 0 bridgehead atoms. The van der Waals surface area contributed by atoms with Gasteiger partial charge in [0.1, 0.15) is 11.5 Å². The molecule has 5 rings (SSSR count). The molecule has 11 nitrogen and oxygen atoms in total. The van der Waals surface area contributed by atoms with E-state index >= 15 is 4.39 Å². The largest absolute Gasteiger partial charge is 0.453 e. The molecule has 0 unspecified atom stereocenters. The fourth-order valence-corrected chi connectivity index (χ4v) is 5.46. The van der Waals surface area contributed by atoms with Crippen molar-refractivity contribution in [3.8, 4) is 11.5 Å². The number of likely N-dealkylation sites (tertiary alicyclic amines) is 1. The van der Waals surface area contributed by atoms with Crippen LogP contribution in [0.2, 0.25) is 5.02 Å². The molecule has 1 fully saturated rings. The van der Waals surface area contributed by atoms with Crippen LogP contribution in [-0.4, -0.2) is 55.7 Å². The number of nitrogens with two attached hydrogens (primary N) is 1. The zero-order valence-corrected chi connectivity index (χ0v) is 20.8. The van der Waals surface area contributed by atoms with Gasteiger partial charge in [-0.15, -0.1) is 10.2 Å². The van der Waals surface area contributed by atoms with Gasteiger partial charge in [-0.3, -0.25) is 4.79 Å². The van der Waals surface area contributed by atoms with E-state index in [2.05, 4.69) is 14.9 Å². The lowest BCUT2D eigenvalue weighted by molar-refractivity contribution is -0.115. The van der Waals surface area contributed by atoms with Gasteiger partial charge >= 0.3 is 6.09 Å². The minimum absolute atomic E-state index is 0.0708. The minimum atomic E-state index is -4.26. The molecule has 2 aliphatic heterocycles. The molecular formula is C23H19ClFN5O6S. The number of hydrogen-bond donors (Lipinski definition) is 1. The van der Waals surface area contributed by atoms with Crippen LogP contribution in [0.3, 0.4) is 0 Å². The average molecular weight is 548 g/mol. The first-order valence-electron chi connectivity index (χ1n) is 10.9. The summed E-state index contributed by atoms with van der Waals surface area (Å²) in [7, 11) is -2.99. The molecule has 0 spiro atoms. The highest BCUT2D eigenvalue weighted by atomic mass is 35.5. The Bertz CT molecular complexity index is 1550. The van der Waals surface area contributed by atoms with E-state index in [9.17, 15) is 18.0 Å². The number of fused-ring (bicyclic) bond motifs is 1. The van der Waals surface area contributed by atoms with Crippen LogP contribution in [0.25, 0.3) is 11.5 Å². The second kappa shape index (κ2) is 9.16. The molecule has 2 amide bonds. The number of hydrogen-bond acceptors (Lipinski definition) is 9. The van der Waals surface area contributed by atoms with Crippen molar-refractivity contribution in [3.63, 3.8) is 0 Å². The number of carbonyl (C=O) groups is 2. The Hall–Kier alpha value is -3.97. The van der Waals surface area contributed by atoms with E-state index in [4.69, 9.17) is 21.8 Å². The standard InChI is InChI=1S/C23H19ClFN5O6S/c1-35-23(32)29-9-13(10-29)20-27-28-21(36-20)15-6-18-19(7-16(15)25)37(33,34)11-17(26)22(31)30(18)8-12-2-4-14(24)5-3-12/h2-7,11,13H,8-10,26H2,1H3. The molecule has 0 saturated carbocycles.